The summed E-state index contributed by atoms with van der Waals surface area (Å²) in [5, 5.41) is 5.21. The zero-order valence-electron chi connectivity index (χ0n) is 19.0. The molecule has 3 fully saturated rings. The first-order valence-corrected chi connectivity index (χ1v) is 13.2. The van der Waals surface area contributed by atoms with Crippen LogP contribution in [-0.4, -0.2) is 49.2 Å². The van der Waals surface area contributed by atoms with Crippen molar-refractivity contribution in [2.75, 3.05) is 14.1 Å². The van der Waals surface area contributed by atoms with Gasteiger partial charge in [-0.15, -0.1) is 0 Å². The van der Waals surface area contributed by atoms with Gasteiger partial charge in [-0.1, -0.05) is 56.2 Å². The first-order chi connectivity index (χ1) is 14.3. The largest absolute Gasteiger partial charge is 0.294 e. The highest BCUT2D eigenvalue weighted by atomic mass is 32.2. The van der Waals surface area contributed by atoms with E-state index < -0.39 is 10.1 Å². The third-order valence-electron chi connectivity index (χ3n) is 7.65. The van der Waals surface area contributed by atoms with Crippen molar-refractivity contribution in [1.29, 1.82) is 0 Å². The van der Waals surface area contributed by atoms with Crippen molar-refractivity contribution in [2.45, 2.75) is 94.5 Å². The summed E-state index contributed by atoms with van der Waals surface area (Å²) in [6.45, 7) is 1.84. The molecular formula is C24H40N2O3S. The second-order valence-corrected chi connectivity index (χ2v) is 11.0. The van der Waals surface area contributed by atoms with Crippen molar-refractivity contribution in [1.82, 2.24) is 10.0 Å². The maximum absolute atomic E-state index is 10.5. The quantitative estimate of drug-likeness (QED) is 0.651. The van der Waals surface area contributed by atoms with Crippen LogP contribution in [0.5, 0.6) is 0 Å². The van der Waals surface area contributed by atoms with Crippen LogP contribution in [0.4, 0.5) is 0 Å². The van der Waals surface area contributed by atoms with Crippen molar-refractivity contribution < 1.29 is 13.0 Å². The predicted molar refractivity (Wildman–Crippen MR) is 122 cm³/mol. The second-order valence-electron chi connectivity index (χ2n) is 9.60. The Balaban J connectivity index is 0.000000199. The summed E-state index contributed by atoms with van der Waals surface area (Å²) in [7, 11) is 0.679. The molecule has 5 nitrogen and oxygen atoms in total. The lowest BCUT2D eigenvalue weighted by Gasteiger charge is -2.35. The smallest absolute Gasteiger partial charge is 0.282 e. The number of rotatable bonds is 3. The Kier molecular flexibility index (Phi) is 8.36. The molecule has 0 spiro atoms. The van der Waals surface area contributed by atoms with E-state index in [1.54, 1.807) is 12.1 Å². The van der Waals surface area contributed by atoms with Crippen LogP contribution in [0.3, 0.4) is 0 Å². The number of hydrogen-bond acceptors (Lipinski definition) is 4. The topological polar surface area (TPSA) is 60.9 Å². The minimum atomic E-state index is -4.02. The van der Waals surface area contributed by atoms with Crippen LogP contribution in [0, 0.1) is 18.8 Å². The van der Waals surface area contributed by atoms with Crippen molar-refractivity contribution in [3.05, 3.63) is 29.8 Å². The Morgan fingerprint density at radius 2 is 1.17 bits per heavy atom. The fourth-order valence-corrected chi connectivity index (χ4v) is 6.24. The predicted octanol–water partition coefficient (Wildman–Crippen LogP) is 5.31. The highest BCUT2D eigenvalue weighted by Gasteiger charge is 2.42. The molecule has 0 bridgehead atoms. The average Bonchev–Trinajstić information content (AvgIpc) is 3.04. The van der Waals surface area contributed by atoms with Crippen LogP contribution in [-0.2, 0) is 10.1 Å². The van der Waals surface area contributed by atoms with E-state index in [0.717, 1.165) is 29.5 Å². The first-order valence-electron chi connectivity index (χ1n) is 11.8. The van der Waals surface area contributed by atoms with Crippen LogP contribution in [0.2, 0.25) is 0 Å². The van der Waals surface area contributed by atoms with Crippen LogP contribution in [0.1, 0.15) is 76.2 Å². The molecule has 0 radical (unpaired) electrons. The van der Waals surface area contributed by atoms with Crippen LogP contribution in [0.15, 0.2) is 29.2 Å². The van der Waals surface area contributed by atoms with Crippen LogP contribution >= 0.6 is 0 Å². The molecule has 30 heavy (non-hydrogen) atoms. The maximum Gasteiger partial charge on any atom is 0.294 e. The van der Waals surface area contributed by atoms with Gasteiger partial charge in [-0.05, 0) is 63.0 Å². The summed E-state index contributed by atoms with van der Waals surface area (Å²) in [6, 6.07) is 7.68. The van der Waals surface area contributed by atoms with E-state index >= 15 is 0 Å². The molecule has 2 atom stereocenters. The molecule has 0 amide bonds. The lowest BCUT2D eigenvalue weighted by molar-refractivity contribution is -0.0123. The highest BCUT2D eigenvalue weighted by Crippen LogP contribution is 2.40. The van der Waals surface area contributed by atoms with Gasteiger partial charge in [0.05, 0.1) is 4.90 Å². The molecule has 0 aromatic heterocycles. The highest BCUT2D eigenvalue weighted by molar-refractivity contribution is 7.85. The molecule has 1 aromatic rings. The first kappa shape index (κ1) is 23.7. The van der Waals surface area contributed by atoms with Crippen molar-refractivity contribution in [2.24, 2.45) is 11.8 Å². The molecule has 2 aliphatic carbocycles. The van der Waals surface area contributed by atoms with E-state index in [9.17, 15) is 8.42 Å². The van der Waals surface area contributed by atoms with E-state index in [1.807, 2.05) is 6.92 Å². The van der Waals surface area contributed by atoms with Crippen molar-refractivity contribution >= 4 is 10.1 Å². The molecule has 1 N–H and O–H groups in total. The summed E-state index contributed by atoms with van der Waals surface area (Å²) in [4.78, 5) is -0.0666. The van der Waals surface area contributed by atoms with Gasteiger partial charge in [0.15, 0.2) is 0 Å². The Morgan fingerprint density at radius 3 is 1.53 bits per heavy atom. The van der Waals surface area contributed by atoms with Crippen LogP contribution < -0.4 is 0 Å². The Bertz CT molecular complexity index is 725. The van der Waals surface area contributed by atoms with E-state index in [4.69, 9.17) is 4.55 Å². The van der Waals surface area contributed by atoms with Gasteiger partial charge in [-0.2, -0.15) is 8.42 Å². The summed E-state index contributed by atoms with van der Waals surface area (Å²) in [5.74, 6) is 1.96. The molecule has 1 aromatic carbocycles. The number of benzene rings is 1. The molecule has 2 unspecified atom stereocenters. The fourth-order valence-electron chi connectivity index (χ4n) is 5.76. The van der Waals surface area contributed by atoms with Gasteiger partial charge in [-0.3, -0.25) is 4.55 Å². The van der Waals surface area contributed by atoms with Crippen molar-refractivity contribution in [3.8, 4) is 0 Å². The van der Waals surface area contributed by atoms with Gasteiger partial charge < -0.3 is 0 Å². The average molecular weight is 437 g/mol. The normalized spacial score (nSPS) is 27.6. The molecule has 1 aliphatic heterocycles. The SMILES string of the molecule is CN1C(C2CCCCC2)CC(C2CCCCC2)N1C.Cc1ccc(S(=O)(=O)O)cc1. The number of hydrogen-bond donors (Lipinski definition) is 1. The Hall–Kier alpha value is -0.950. The fraction of sp³-hybridized carbons (Fsp3) is 0.750. The monoisotopic (exact) mass is 436 g/mol. The van der Waals surface area contributed by atoms with E-state index in [0.29, 0.717) is 0 Å². The molecular weight excluding hydrogens is 396 g/mol. The summed E-state index contributed by atoms with van der Waals surface area (Å²) >= 11 is 0. The molecule has 2 saturated carbocycles. The number of nitrogens with zero attached hydrogens (tertiary/aromatic N) is 2. The summed E-state index contributed by atoms with van der Waals surface area (Å²) < 4.78 is 29.6. The van der Waals surface area contributed by atoms with E-state index in [2.05, 4.69) is 24.1 Å². The Labute approximate surface area is 183 Å². The van der Waals surface area contributed by atoms with Gasteiger partial charge in [0, 0.05) is 26.2 Å². The lowest BCUT2D eigenvalue weighted by atomic mass is 9.78. The van der Waals surface area contributed by atoms with Gasteiger partial charge in [0.2, 0.25) is 0 Å². The van der Waals surface area contributed by atoms with Crippen molar-refractivity contribution in [3.63, 3.8) is 0 Å². The second kappa shape index (κ2) is 10.6. The molecule has 170 valence electrons. The molecule has 6 heteroatoms. The Morgan fingerprint density at radius 1 is 0.767 bits per heavy atom. The molecule has 1 saturated heterocycles. The maximum atomic E-state index is 10.5. The van der Waals surface area contributed by atoms with Gasteiger partial charge in [0.25, 0.3) is 10.1 Å². The molecule has 4 rings (SSSR count). The molecule has 1 heterocycles. The minimum Gasteiger partial charge on any atom is -0.282 e. The summed E-state index contributed by atoms with van der Waals surface area (Å²) in [5.41, 5.74) is 0.956. The minimum absolute atomic E-state index is 0.0666. The van der Waals surface area contributed by atoms with E-state index in [-0.39, 0.29) is 4.90 Å². The zero-order chi connectivity index (χ0) is 21.7. The van der Waals surface area contributed by atoms with Gasteiger partial charge in [0.1, 0.15) is 0 Å². The molecule has 3 aliphatic rings. The van der Waals surface area contributed by atoms with E-state index in [1.165, 1.54) is 82.8 Å². The number of aryl methyl sites for hydroxylation is 1. The van der Waals surface area contributed by atoms with Crippen LogP contribution in [0.25, 0.3) is 0 Å². The lowest BCUT2D eigenvalue weighted by Crippen LogP contribution is -2.42. The zero-order valence-corrected chi connectivity index (χ0v) is 19.8. The third kappa shape index (κ3) is 6.06. The standard InChI is InChI=1S/C17H32N2.C7H8O3S/c1-18-16(14-9-5-3-6-10-14)13-17(19(18)2)15-11-7-4-8-12-15;1-6-2-4-7(5-3-6)11(8,9)10/h14-17H,3-13H2,1-2H3;2-5H,1H3,(H,8,9,10). The summed E-state index contributed by atoms with van der Waals surface area (Å²) in [6.07, 6.45) is 16.3. The van der Waals surface area contributed by atoms with Gasteiger partial charge in [-0.25, -0.2) is 10.0 Å². The third-order valence-corrected chi connectivity index (χ3v) is 8.52. The van der Waals surface area contributed by atoms with Gasteiger partial charge >= 0.3 is 0 Å². The number of hydrazine groups is 1.